The summed E-state index contributed by atoms with van der Waals surface area (Å²) in [6.45, 7) is 8.10. The highest BCUT2D eigenvalue weighted by Gasteiger charge is 2.24. The highest BCUT2D eigenvalue weighted by atomic mass is 16.5. The van der Waals surface area contributed by atoms with Crippen LogP contribution in [0.5, 0.6) is 0 Å². The molecule has 1 aliphatic rings. The molecule has 0 radical (unpaired) electrons. The van der Waals surface area contributed by atoms with Gasteiger partial charge < -0.3 is 14.8 Å². The average Bonchev–Trinajstić information content (AvgIpc) is 3.59. The molecule has 5 aromatic rings. The van der Waals surface area contributed by atoms with Gasteiger partial charge in [-0.25, -0.2) is 9.97 Å². The van der Waals surface area contributed by atoms with Crippen LogP contribution in [0.1, 0.15) is 83.8 Å². The van der Waals surface area contributed by atoms with E-state index < -0.39 is 0 Å². The topological polar surface area (TPSA) is 115 Å². The maximum atomic E-state index is 13.0. The molecule has 0 saturated heterocycles. The second kappa shape index (κ2) is 9.80. The van der Waals surface area contributed by atoms with Crippen molar-refractivity contribution in [3.63, 3.8) is 0 Å². The lowest BCUT2D eigenvalue weighted by molar-refractivity contribution is 0.0897. The number of fused-ring (bicyclic) bond motifs is 2. The first-order valence-corrected chi connectivity index (χ1v) is 13.6. The third-order valence-corrected chi connectivity index (χ3v) is 7.81. The first kappa shape index (κ1) is 25.0. The summed E-state index contributed by atoms with van der Waals surface area (Å²) >= 11 is 0. The van der Waals surface area contributed by atoms with E-state index in [2.05, 4.69) is 43.7 Å². The van der Waals surface area contributed by atoms with Crippen molar-refractivity contribution in [1.82, 2.24) is 35.2 Å². The summed E-state index contributed by atoms with van der Waals surface area (Å²) in [7, 11) is 1.94. The zero-order valence-corrected chi connectivity index (χ0v) is 23.0. The van der Waals surface area contributed by atoms with Crippen LogP contribution in [-0.2, 0) is 13.5 Å². The van der Waals surface area contributed by atoms with Crippen molar-refractivity contribution in [1.29, 1.82) is 0 Å². The number of imidazole rings is 1. The summed E-state index contributed by atoms with van der Waals surface area (Å²) in [6.07, 6.45) is 5.77. The molecule has 39 heavy (non-hydrogen) atoms. The van der Waals surface area contributed by atoms with E-state index >= 15 is 0 Å². The van der Waals surface area contributed by atoms with Crippen LogP contribution in [0.15, 0.2) is 41.1 Å². The fraction of sp³-hybridized carbons (Fsp3) is 0.367. The number of hydrogen-bond donors (Lipinski definition) is 2. The number of aromatic nitrogens is 6. The summed E-state index contributed by atoms with van der Waals surface area (Å²) in [5, 5.41) is 11.8. The summed E-state index contributed by atoms with van der Waals surface area (Å²) < 4.78 is 7.21. The largest absolute Gasteiger partial charge is 0.351 e. The van der Waals surface area contributed by atoms with Crippen LogP contribution in [-0.4, -0.2) is 35.8 Å². The van der Waals surface area contributed by atoms with E-state index in [-0.39, 0.29) is 23.6 Å². The van der Waals surface area contributed by atoms with Crippen LogP contribution in [0.4, 0.5) is 0 Å². The average molecular weight is 524 g/mol. The highest BCUT2D eigenvalue weighted by molar-refractivity contribution is 5.93. The smallest absolute Gasteiger partial charge is 0.290 e. The predicted octanol–water partition coefficient (Wildman–Crippen LogP) is 5.95. The van der Waals surface area contributed by atoms with Gasteiger partial charge in [0.05, 0.1) is 28.5 Å². The minimum atomic E-state index is -0.224. The van der Waals surface area contributed by atoms with Crippen molar-refractivity contribution < 1.29 is 9.32 Å². The molecular formula is C30H33N7O2. The second-order valence-electron chi connectivity index (χ2n) is 10.8. The number of H-pyrrole nitrogens is 1. The lowest BCUT2D eigenvalue weighted by Crippen LogP contribution is -2.28. The number of nitrogens with one attached hydrogen (secondary N) is 2. The summed E-state index contributed by atoms with van der Waals surface area (Å²) in [4.78, 5) is 25.9. The Hall–Kier alpha value is -4.27. The molecule has 1 aliphatic carbocycles. The predicted molar refractivity (Wildman–Crippen MR) is 149 cm³/mol. The van der Waals surface area contributed by atoms with Gasteiger partial charge in [-0.05, 0) is 61.8 Å². The third-order valence-electron chi connectivity index (χ3n) is 7.81. The first-order valence-electron chi connectivity index (χ1n) is 13.6. The monoisotopic (exact) mass is 523 g/mol. The zero-order valence-electron chi connectivity index (χ0n) is 23.0. The molecule has 0 bridgehead atoms. The van der Waals surface area contributed by atoms with Gasteiger partial charge in [-0.1, -0.05) is 43.6 Å². The number of pyridine rings is 1. The van der Waals surface area contributed by atoms with Crippen molar-refractivity contribution in [2.45, 2.75) is 65.3 Å². The van der Waals surface area contributed by atoms with Crippen molar-refractivity contribution in [2.75, 3.05) is 0 Å². The van der Waals surface area contributed by atoms with Gasteiger partial charge in [0.25, 0.3) is 5.91 Å². The Kier molecular flexibility index (Phi) is 6.29. The molecule has 2 N–H and O–H groups in total. The Morgan fingerprint density at radius 2 is 2.03 bits per heavy atom. The Morgan fingerprint density at radius 1 is 1.18 bits per heavy atom. The van der Waals surface area contributed by atoms with Crippen molar-refractivity contribution in [3.05, 3.63) is 70.5 Å². The highest BCUT2D eigenvalue weighted by Crippen LogP contribution is 2.35. The number of nitrogens with zero attached hydrogens (tertiary/aromatic N) is 5. The van der Waals surface area contributed by atoms with Gasteiger partial charge in [0, 0.05) is 30.6 Å². The Bertz CT molecular complexity index is 1690. The Labute approximate surface area is 227 Å². The molecule has 0 spiro atoms. The SMILES string of the molecule is Cc1nn(C)c(C)c1-c1nc2nccc(-c3ccc4c(c3)CCCCC4NC(=O)c3cc(C(C)C)no3)c2[nH]1. The number of carbonyl (C=O) groups is 1. The molecule has 1 aromatic carbocycles. The Morgan fingerprint density at radius 3 is 2.77 bits per heavy atom. The van der Waals surface area contributed by atoms with Crippen molar-refractivity contribution in [3.8, 4) is 22.5 Å². The molecule has 1 amide bonds. The van der Waals surface area contributed by atoms with E-state index in [4.69, 9.17) is 9.51 Å². The molecule has 0 saturated carbocycles. The lowest BCUT2D eigenvalue weighted by atomic mass is 9.94. The van der Waals surface area contributed by atoms with E-state index in [1.54, 1.807) is 6.07 Å². The number of carbonyl (C=O) groups excluding carboxylic acids is 1. The Balaban J connectivity index is 1.33. The quantitative estimate of drug-likeness (QED) is 0.275. The number of hydrogen-bond acceptors (Lipinski definition) is 6. The van der Waals surface area contributed by atoms with E-state index in [0.29, 0.717) is 5.65 Å². The van der Waals surface area contributed by atoms with E-state index in [1.165, 1.54) is 5.56 Å². The minimum absolute atomic E-state index is 0.0793. The second-order valence-corrected chi connectivity index (χ2v) is 10.8. The van der Waals surface area contributed by atoms with Crippen LogP contribution in [0, 0.1) is 13.8 Å². The van der Waals surface area contributed by atoms with Gasteiger partial charge >= 0.3 is 0 Å². The normalized spacial score (nSPS) is 15.5. The van der Waals surface area contributed by atoms with Gasteiger partial charge in [-0.15, -0.1) is 0 Å². The molecule has 6 rings (SSSR count). The lowest BCUT2D eigenvalue weighted by Gasteiger charge is -2.19. The van der Waals surface area contributed by atoms with Gasteiger partial charge in [-0.2, -0.15) is 5.10 Å². The number of aromatic amines is 1. The molecule has 0 aliphatic heterocycles. The van der Waals surface area contributed by atoms with Crippen LogP contribution in [0.25, 0.3) is 33.7 Å². The zero-order chi connectivity index (χ0) is 27.3. The maximum Gasteiger partial charge on any atom is 0.290 e. The van der Waals surface area contributed by atoms with Gasteiger partial charge in [0.1, 0.15) is 5.82 Å². The van der Waals surface area contributed by atoms with Gasteiger partial charge in [-0.3, -0.25) is 9.48 Å². The molecule has 9 heteroatoms. The standard InChI is InChI=1S/C30H33N7O2/c1-16(2)24-15-25(39-36-24)30(38)32-23-9-7-6-8-19-14-20(10-11-21(19)23)22-12-13-31-29-27(22)33-28(34-29)26-17(3)35-37(5)18(26)4/h10-16,23H,6-9H2,1-5H3,(H,32,38)(H,31,33,34). The summed E-state index contributed by atoms with van der Waals surface area (Å²) in [6, 6.07) is 10.2. The van der Waals surface area contributed by atoms with Crippen LogP contribution in [0.2, 0.25) is 0 Å². The van der Waals surface area contributed by atoms with Crippen molar-refractivity contribution in [2.24, 2.45) is 7.05 Å². The molecule has 0 fully saturated rings. The molecule has 9 nitrogen and oxygen atoms in total. The summed E-state index contributed by atoms with van der Waals surface area (Å²) in [5.74, 6) is 1.02. The minimum Gasteiger partial charge on any atom is -0.351 e. The summed E-state index contributed by atoms with van der Waals surface area (Å²) in [5.41, 5.74) is 9.91. The molecule has 200 valence electrons. The molecule has 1 atom stereocenters. The first-order chi connectivity index (χ1) is 18.8. The van der Waals surface area contributed by atoms with Crippen molar-refractivity contribution >= 4 is 17.1 Å². The number of amides is 1. The molecule has 4 aromatic heterocycles. The maximum absolute atomic E-state index is 13.0. The van der Waals surface area contributed by atoms with E-state index in [1.807, 2.05) is 51.7 Å². The van der Waals surface area contributed by atoms with Crippen LogP contribution < -0.4 is 5.32 Å². The molecule has 4 heterocycles. The fourth-order valence-electron chi connectivity index (χ4n) is 5.58. The van der Waals surface area contributed by atoms with Gasteiger partial charge in [0.2, 0.25) is 5.76 Å². The van der Waals surface area contributed by atoms with E-state index in [9.17, 15) is 4.79 Å². The molecule has 1 unspecified atom stereocenters. The van der Waals surface area contributed by atoms with Crippen LogP contribution >= 0.6 is 0 Å². The number of rotatable bonds is 5. The molecular weight excluding hydrogens is 490 g/mol. The fourth-order valence-corrected chi connectivity index (χ4v) is 5.58. The third kappa shape index (κ3) is 4.51. The number of aryl methyl sites for hydroxylation is 3. The van der Waals surface area contributed by atoms with Gasteiger partial charge in [0.15, 0.2) is 5.65 Å². The van der Waals surface area contributed by atoms with E-state index in [0.717, 1.165) is 76.4 Å². The van der Waals surface area contributed by atoms with Crippen LogP contribution in [0.3, 0.4) is 0 Å². The number of benzene rings is 1.